The summed E-state index contributed by atoms with van der Waals surface area (Å²) in [6.07, 6.45) is 0. The van der Waals surface area contributed by atoms with E-state index in [1.165, 1.54) is 44.4 Å². The predicted octanol–water partition coefficient (Wildman–Crippen LogP) is 3.46. The number of ether oxygens (including phenoxy) is 1. The van der Waals surface area contributed by atoms with Crippen molar-refractivity contribution in [1.29, 1.82) is 0 Å². The van der Waals surface area contributed by atoms with E-state index >= 15 is 0 Å². The van der Waals surface area contributed by atoms with Crippen molar-refractivity contribution in [3.8, 4) is 11.5 Å². The quantitative estimate of drug-likeness (QED) is 0.203. The van der Waals surface area contributed by atoms with Crippen LogP contribution in [0.2, 0.25) is 10.0 Å². The summed E-state index contributed by atoms with van der Waals surface area (Å²) in [6.45, 7) is 1.40. The summed E-state index contributed by atoms with van der Waals surface area (Å²) in [5, 5.41) is 25.4. The summed E-state index contributed by atoms with van der Waals surface area (Å²) in [4.78, 5) is 12.6. The molecule has 0 heterocycles. The van der Waals surface area contributed by atoms with Gasteiger partial charge in [0.1, 0.15) is 16.3 Å². The van der Waals surface area contributed by atoms with Crippen LogP contribution in [-0.4, -0.2) is 26.0 Å². The Balaban J connectivity index is 0.00000400. The molecule has 4 rings (SSSR count). The van der Waals surface area contributed by atoms with Crippen LogP contribution in [0.25, 0.3) is 10.8 Å². The second-order valence-corrected chi connectivity index (χ2v) is 10.0. The molecule has 190 valence electrons. The van der Waals surface area contributed by atoms with Crippen molar-refractivity contribution in [3.05, 3.63) is 81.8 Å². The van der Waals surface area contributed by atoms with Crippen LogP contribution < -0.4 is 44.7 Å². The van der Waals surface area contributed by atoms with Gasteiger partial charge in [0.25, 0.3) is 16.0 Å². The van der Waals surface area contributed by atoms with E-state index < -0.39 is 26.7 Å². The Morgan fingerprint density at radius 2 is 1.76 bits per heavy atom. The van der Waals surface area contributed by atoms with Gasteiger partial charge in [-0.2, -0.15) is 13.5 Å². The number of methoxy groups -OCH3 is 1. The molecule has 0 spiro atoms. The zero-order valence-electron chi connectivity index (χ0n) is 20.3. The number of carbonyl (C=O) groups excluding carboxylic acids is 1. The van der Waals surface area contributed by atoms with Gasteiger partial charge in [-0.3, -0.25) is 9.35 Å². The molecule has 9 nitrogen and oxygen atoms in total. The molecule has 4 aromatic carbocycles. The van der Waals surface area contributed by atoms with Gasteiger partial charge in [0.2, 0.25) is 0 Å². The van der Waals surface area contributed by atoms with Gasteiger partial charge in [-0.25, -0.2) is 0 Å². The average Bonchev–Trinajstić information content (AvgIpc) is 2.85. The SMILES string of the molecule is COc1cc(Cl)ccc1NC(=O)c1cc2ccccc2c(N=Nc2ccc(Cl)c(C)c2S(=O)(=O)O)c1[O-].[Na+]. The normalized spacial score (nSPS) is 11.4. The Kier molecular flexibility index (Phi) is 9.43. The zero-order chi connectivity index (χ0) is 26.9. The van der Waals surface area contributed by atoms with Gasteiger partial charge in [0.15, 0.2) is 0 Å². The molecule has 1 amide bonds. The van der Waals surface area contributed by atoms with E-state index in [0.29, 0.717) is 27.2 Å². The number of rotatable bonds is 6. The topological polar surface area (TPSA) is 140 Å². The van der Waals surface area contributed by atoms with Crippen molar-refractivity contribution in [2.24, 2.45) is 10.2 Å². The Bertz CT molecular complexity index is 1700. The third-order valence-electron chi connectivity index (χ3n) is 5.47. The molecule has 0 saturated carbocycles. The molecule has 2 N–H and O–H groups in total. The number of amides is 1. The smallest absolute Gasteiger partial charge is 0.870 e. The van der Waals surface area contributed by atoms with Crippen LogP contribution in [0, 0.1) is 6.92 Å². The predicted molar refractivity (Wildman–Crippen MR) is 140 cm³/mol. The number of fused-ring (bicyclic) bond motifs is 1. The van der Waals surface area contributed by atoms with Gasteiger partial charge >= 0.3 is 29.6 Å². The van der Waals surface area contributed by atoms with E-state index in [4.69, 9.17) is 27.9 Å². The molecule has 0 radical (unpaired) electrons. The maximum Gasteiger partial charge on any atom is 1.00 e. The van der Waals surface area contributed by atoms with E-state index in [-0.39, 0.29) is 57.1 Å². The number of benzene rings is 4. The van der Waals surface area contributed by atoms with E-state index in [0.717, 1.165) is 0 Å². The molecular formula is C25H18Cl2N3NaO6S. The van der Waals surface area contributed by atoms with Crippen LogP contribution in [0.1, 0.15) is 15.9 Å². The maximum atomic E-state index is 13.4. The fraction of sp³-hybridized carbons (Fsp3) is 0.0800. The first-order valence-electron chi connectivity index (χ1n) is 10.6. The van der Waals surface area contributed by atoms with Crippen molar-refractivity contribution < 1.29 is 57.2 Å². The third-order valence-corrected chi connectivity index (χ3v) is 7.14. The van der Waals surface area contributed by atoms with Crippen LogP contribution in [0.5, 0.6) is 11.5 Å². The molecule has 38 heavy (non-hydrogen) atoms. The fourth-order valence-electron chi connectivity index (χ4n) is 3.70. The second-order valence-electron chi connectivity index (χ2n) is 7.82. The first kappa shape index (κ1) is 29.9. The molecule has 0 aliphatic carbocycles. The molecule has 0 bridgehead atoms. The largest absolute Gasteiger partial charge is 1.00 e. The van der Waals surface area contributed by atoms with Crippen molar-refractivity contribution in [3.63, 3.8) is 0 Å². The molecule has 0 aliphatic heterocycles. The number of hydrogen-bond donors (Lipinski definition) is 2. The second kappa shape index (κ2) is 12.0. The maximum absolute atomic E-state index is 13.4. The Morgan fingerprint density at radius 3 is 2.45 bits per heavy atom. The minimum Gasteiger partial charge on any atom is -0.870 e. The van der Waals surface area contributed by atoms with Gasteiger partial charge in [0.05, 0.1) is 18.5 Å². The standard InChI is InChI=1S/C25H19Cl2N3O6S.Na/c1-13-18(27)8-10-20(24(13)37(33,34)35)29-30-22-16-6-4-3-5-14(16)11-17(23(22)31)25(32)28-19-9-7-15(26)12-21(19)36-2;/h3-12,31H,1-2H3,(H,28,32)(H,33,34,35);/q;+1/p-1. The zero-order valence-corrected chi connectivity index (χ0v) is 24.6. The van der Waals surface area contributed by atoms with Crippen molar-refractivity contribution in [2.45, 2.75) is 11.8 Å². The average molecular weight is 582 g/mol. The first-order valence-corrected chi connectivity index (χ1v) is 12.8. The van der Waals surface area contributed by atoms with Crippen LogP contribution in [0.15, 0.2) is 75.8 Å². The molecule has 0 unspecified atom stereocenters. The molecule has 4 aromatic rings. The summed E-state index contributed by atoms with van der Waals surface area (Å²) in [5.74, 6) is -1.18. The van der Waals surface area contributed by atoms with Crippen LogP contribution >= 0.6 is 23.2 Å². The summed E-state index contributed by atoms with van der Waals surface area (Å²) < 4.78 is 38.9. The number of halogens is 2. The Hall–Kier alpha value is -2.70. The van der Waals surface area contributed by atoms with Crippen LogP contribution in [-0.2, 0) is 10.1 Å². The van der Waals surface area contributed by atoms with E-state index in [1.807, 2.05) is 0 Å². The van der Waals surface area contributed by atoms with Crippen LogP contribution in [0.4, 0.5) is 17.1 Å². The Morgan fingerprint density at radius 1 is 1.05 bits per heavy atom. The number of azo groups is 1. The molecular weight excluding hydrogens is 564 g/mol. The summed E-state index contributed by atoms with van der Waals surface area (Å²) in [6, 6.07) is 15.4. The van der Waals surface area contributed by atoms with Crippen LogP contribution in [0.3, 0.4) is 0 Å². The van der Waals surface area contributed by atoms with Crippen molar-refractivity contribution in [2.75, 3.05) is 12.4 Å². The molecule has 0 aromatic heterocycles. The van der Waals surface area contributed by atoms with E-state index in [9.17, 15) is 22.9 Å². The Labute approximate surface area is 250 Å². The van der Waals surface area contributed by atoms with E-state index in [1.54, 1.807) is 30.3 Å². The number of nitrogens with one attached hydrogen (secondary N) is 1. The summed E-state index contributed by atoms with van der Waals surface area (Å²) in [7, 11) is -3.30. The molecule has 13 heteroatoms. The van der Waals surface area contributed by atoms with Crippen molar-refractivity contribution in [1.82, 2.24) is 0 Å². The van der Waals surface area contributed by atoms with Gasteiger partial charge in [-0.05, 0) is 48.2 Å². The molecule has 0 saturated heterocycles. The van der Waals surface area contributed by atoms with Gasteiger partial charge in [-0.15, -0.1) is 5.11 Å². The van der Waals surface area contributed by atoms with Gasteiger partial charge in [-0.1, -0.05) is 53.2 Å². The summed E-state index contributed by atoms with van der Waals surface area (Å²) >= 11 is 12.0. The van der Waals surface area contributed by atoms with Crippen molar-refractivity contribution >= 4 is 67.1 Å². The molecule has 0 atom stereocenters. The van der Waals surface area contributed by atoms with Gasteiger partial charge in [0, 0.05) is 27.1 Å². The number of carbonyl (C=O) groups is 1. The van der Waals surface area contributed by atoms with E-state index in [2.05, 4.69) is 15.5 Å². The summed E-state index contributed by atoms with van der Waals surface area (Å²) in [5.41, 5.74) is -0.291. The molecule has 0 fully saturated rings. The number of hydrogen-bond acceptors (Lipinski definition) is 7. The monoisotopic (exact) mass is 581 g/mol. The fourth-order valence-corrected chi connectivity index (χ4v) is 4.94. The third kappa shape index (κ3) is 6.13. The number of nitrogens with zero attached hydrogens (tertiary/aromatic N) is 2. The van der Waals surface area contributed by atoms with Gasteiger partial charge < -0.3 is 15.2 Å². The minimum absolute atomic E-state index is 0. The number of anilines is 1. The first-order chi connectivity index (χ1) is 17.5. The minimum atomic E-state index is -4.71. The molecule has 0 aliphatic rings.